The average molecular weight is 627 g/mol. The maximum Gasteiger partial charge on any atom is 0.323 e. The second kappa shape index (κ2) is 15.1. The maximum absolute atomic E-state index is 14.2. The highest BCUT2D eigenvalue weighted by Crippen LogP contribution is 2.44. The van der Waals surface area contributed by atoms with Gasteiger partial charge in [-0.1, -0.05) is 38.5 Å². The number of aliphatic hydroxyl groups is 1. The number of esters is 2. The molecule has 2 aromatic heterocycles. The van der Waals surface area contributed by atoms with E-state index in [-0.39, 0.29) is 31.2 Å². The number of hydrogen-bond acceptors (Lipinski definition) is 13. The van der Waals surface area contributed by atoms with E-state index in [1.807, 2.05) is 13.8 Å². The highest BCUT2D eigenvalue weighted by molar-refractivity contribution is 7.59. The van der Waals surface area contributed by atoms with Gasteiger partial charge in [-0.2, -0.15) is 9.67 Å². The third kappa shape index (κ3) is 8.77. The van der Waals surface area contributed by atoms with Crippen molar-refractivity contribution in [3.05, 3.63) is 18.3 Å². The van der Waals surface area contributed by atoms with Crippen LogP contribution < -0.4 is 15.9 Å². The molecule has 3 rings (SSSR count). The van der Waals surface area contributed by atoms with E-state index in [2.05, 4.69) is 37.0 Å². The molecule has 240 valence electrons. The minimum absolute atomic E-state index is 0.00459. The maximum atomic E-state index is 14.2. The number of carbonyl (C=O) groups excluding carboxylic acids is 2. The zero-order valence-electron chi connectivity index (χ0n) is 25.3. The second-order valence-corrected chi connectivity index (χ2v) is 12.7. The van der Waals surface area contributed by atoms with Gasteiger partial charge in [0.15, 0.2) is 23.2 Å². The van der Waals surface area contributed by atoms with E-state index in [1.54, 1.807) is 6.92 Å². The number of nitrogens with zero attached hydrogens (tertiary/aromatic N) is 5. The molecule has 0 bridgehead atoms. The van der Waals surface area contributed by atoms with Crippen LogP contribution in [0.3, 0.4) is 0 Å². The Hall–Kier alpha value is -3.01. The first kappa shape index (κ1) is 34.5. The van der Waals surface area contributed by atoms with Crippen LogP contribution in [0.25, 0.3) is 11.2 Å². The van der Waals surface area contributed by atoms with Gasteiger partial charge in [-0.05, 0) is 39.7 Å². The largest absolute Gasteiger partial charge is 0.465 e. The third-order valence-corrected chi connectivity index (χ3v) is 8.80. The van der Waals surface area contributed by atoms with Crippen LogP contribution in [0, 0.1) is 6.92 Å². The van der Waals surface area contributed by atoms with Gasteiger partial charge in [-0.15, -0.1) is 5.10 Å². The highest BCUT2D eigenvalue weighted by Gasteiger charge is 2.48. The summed E-state index contributed by atoms with van der Waals surface area (Å²) < 4.78 is 38.1. The summed E-state index contributed by atoms with van der Waals surface area (Å²) in [4.78, 5) is 33.4. The van der Waals surface area contributed by atoms with E-state index in [1.165, 1.54) is 24.6 Å². The molecular formula is C26H43N8O8P. The molecule has 5 N–H and O–H groups in total. The molecule has 17 heteroatoms. The number of rotatable bonds is 17. The molecule has 0 aliphatic carbocycles. The number of nitrogens with two attached hydrogens (primary N) is 1. The summed E-state index contributed by atoms with van der Waals surface area (Å²) in [7, 11) is -3.88. The first-order chi connectivity index (χ1) is 20.4. The molecule has 0 saturated carbocycles. The van der Waals surface area contributed by atoms with Crippen molar-refractivity contribution < 1.29 is 38.2 Å². The fraction of sp³-hybridized carbons (Fsp3) is 0.692. The Morgan fingerprint density at radius 1 is 1.19 bits per heavy atom. The van der Waals surface area contributed by atoms with Gasteiger partial charge in [0.05, 0.1) is 18.9 Å². The van der Waals surface area contributed by atoms with E-state index in [9.17, 15) is 19.3 Å². The number of hydrogen-bond donors (Lipinski definition) is 4. The van der Waals surface area contributed by atoms with Crippen LogP contribution in [0.5, 0.6) is 0 Å². The fourth-order valence-corrected chi connectivity index (χ4v) is 6.39. The minimum Gasteiger partial charge on any atom is -0.465 e. The Morgan fingerprint density at radius 3 is 2.30 bits per heavy atom. The zero-order valence-corrected chi connectivity index (χ0v) is 26.2. The van der Waals surface area contributed by atoms with Gasteiger partial charge in [0.2, 0.25) is 13.4 Å². The number of nitrogen functional groups attached to an aromatic ring is 1. The fourth-order valence-electron chi connectivity index (χ4n) is 4.30. The molecular weight excluding hydrogens is 583 g/mol. The van der Waals surface area contributed by atoms with Gasteiger partial charge in [0, 0.05) is 6.42 Å². The number of aryl methyl sites for hydroxylation is 1. The van der Waals surface area contributed by atoms with Crippen molar-refractivity contribution in [3.63, 3.8) is 0 Å². The molecule has 5 atom stereocenters. The molecule has 0 aromatic carbocycles. The lowest BCUT2D eigenvalue weighted by molar-refractivity contribution is -0.201. The average Bonchev–Trinajstić information content (AvgIpc) is 3.53. The van der Waals surface area contributed by atoms with Crippen LogP contribution in [-0.4, -0.2) is 85.5 Å². The van der Waals surface area contributed by atoms with E-state index < -0.39 is 55.9 Å². The summed E-state index contributed by atoms with van der Waals surface area (Å²) in [6.07, 6.45) is 1.38. The lowest BCUT2D eigenvalue weighted by Gasteiger charge is -2.31. The predicted octanol–water partition coefficient (Wildman–Crippen LogP) is 2.08. The van der Waals surface area contributed by atoms with Gasteiger partial charge in [-0.25, -0.2) is 15.2 Å². The summed E-state index contributed by atoms with van der Waals surface area (Å²) in [6, 6.07) is -2.03. The van der Waals surface area contributed by atoms with Crippen molar-refractivity contribution in [3.8, 4) is 0 Å². The van der Waals surface area contributed by atoms with Gasteiger partial charge in [0.25, 0.3) is 0 Å². The van der Waals surface area contributed by atoms with Crippen molar-refractivity contribution in [2.75, 3.05) is 25.3 Å². The highest BCUT2D eigenvalue weighted by atomic mass is 31.2. The van der Waals surface area contributed by atoms with Crippen molar-refractivity contribution in [1.82, 2.24) is 35.1 Å². The Labute approximate surface area is 250 Å². The summed E-state index contributed by atoms with van der Waals surface area (Å²) in [5, 5.41) is 24.6. The van der Waals surface area contributed by atoms with Gasteiger partial charge >= 0.3 is 11.9 Å². The summed E-state index contributed by atoms with van der Waals surface area (Å²) in [6.45, 7) is 12.8. The summed E-state index contributed by atoms with van der Waals surface area (Å²) in [5.41, 5.74) is 6.92. The third-order valence-electron chi connectivity index (χ3n) is 6.70. The number of aliphatic hydroxyl groups excluding tert-OH is 1. The van der Waals surface area contributed by atoms with Gasteiger partial charge in [0.1, 0.15) is 24.5 Å². The van der Waals surface area contributed by atoms with Crippen LogP contribution in [0.1, 0.15) is 71.7 Å². The number of ether oxygens (including phenoxy) is 4. The van der Waals surface area contributed by atoms with Crippen molar-refractivity contribution in [2.24, 2.45) is 0 Å². The normalized spacial score (nSPS) is 21.9. The van der Waals surface area contributed by atoms with E-state index in [0.717, 1.165) is 12.8 Å². The smallest absolute Gasteiger partial charge is 0.323 e. The molecule has 1 saturated heterocycles. The van der Waals surface area contributed by atoms with Crippen molar-refractivity contribution in [1.29, 1.82) is 0 Å². The molecule has 3 unspecified atom stereocenters. The van der Waals surface area contributed by atoms with Crippen LogP contribution >= 0.6 is 7.44 Å². The standard InChI is InChI=1S/C26H43N8O8P/c1-7-10-12-39-23(36)17(5)31-43(38,32-18(6)24(37)40-13-11-8-2)15-41-26(9-3)14-19(35)22(42-26)34-21-20(30-33-34)16(4)28-25(27)29-21/h9,17-19,22,35H,3,7-8,10-15H2,1-2,4-6H3,(H2,27,28,29)(H2,31,32,38)/t17-,18-,19?,22?,26?/m0/s1. The number of anilines is 1. The topological polar surface area (TPSA) is 215 Å². The Balaban J connectivity index is 1.80. The SMILES string of the molecule is C=CC1(OCP(=O)(N[C@@H](C)C(=O)OCCCC)N[C@@H](C)C(=O)OCCCC)CC(O)C(n2nnc3c(C)nc(N)nc32)O1. The lowest BCUT2D eigenvalue weighted by Crippen LogP contribution is -2.44. The van der Waals surface area contributed by atoms with Crippen LogP contribution in [0.4, 0.5) is 5.95 Å². The molecule has 43 heavy (non-hydrogen) atoms. The first-order valence-corrected chi connectivity index (χ1v) is 16.2. The molecule has 1 fully saturated rings. The van der Waals surface area contributed by atoms with E-state index in [4.69, 9.17) is 24.7 Å². The van der Waals surface area contributed by atoms with Crippen LogP contribution in [0.2, 0.25) is 0 Å². The number of unbranched alkanes of at least 4 members (excludes halogenated alkanes) is 2. The second-order valence-electron chi connectivity index (χ2n) is 10.4. The van der Waals surface area contributed by atoms with Crippen LogP contribution in [0.15, 0.2) is 12.7 Å². The Kier molecular flexibility index (Phi) is 12.1. The zero-order chi connectivity index (χ0) is 31.8. The van der Waals surface area contributed by atoms with Gasteiger partial charge < -0.3 is 29.8 Å². The molecule has 1 aliphatic heterocycles. The predicted molar refractivity (Wildman–Crippen MR) is 156 cm³/mol. The lowest BCUT2D eigenvalue weighted by atomic mass is 10.1. The Bertz CT molecular complexity index is 1290. The monoisotopic (exact) mass is 626 g/mol. The number of aromatic nitrogens is 5. The molecule has 0 radical (unpaired) electrons. The quantitative estimate of drug-likeness (QED) is 0.0856. The molecule has 0 spiro atoms. The number of nitrogens with one attached hydrogen (secondary N) is 2. The van der Waals surface area contributed by atoms with Gasteiger partial charge in [-0.3, -0.25) is 14.2 Å². The molecule has 3 heterocycles. The number of fused-ring (bicyclic) bond motifs is 1. The van der Waals surface area contributed by atoms with Crippen molar-refractivity contribution in [2.45, 2.75) is 96.9 Å². The molecule has 2 aromatic rings. The van der Waals surface area contributed by atoms with E-state index >= 15 is 0 Å². The molecule has 1 aliphatic rings. The summed E-state index contributed by atoms with van der Waals surface area (Å²) in [5.74, 6) is -2.87. The van der Waals surface area contributed by atoms with Crippen molar-refractivity contribution >= 4 is 36.5 Å². The molecule has 16 nitrogen and oxygen atoms in total. The Morgan fingerprint density at radius 2 is 1.77 bits per heavy atom. The number of carbonyl (C=O) groups is 2. The summed E-state index contributed by atoms with van der Waals surface area (Å²) >= 11 is 0. The molecule has 0 amide bonds. The van der Waals surface area contributed by atoms with E-state index in [0.29, 0.717) is 24.1 Å². The minimum atomic E-state index is -3.88. The first-order valence-electron chi connectivity index (χ1n) is 14.3. The van der Waals surface area contributed by atoms with Crippen LogP contribution in [-0.2, 0) is 33.1 Å².